The minimum absolute atomic E-state index is 0.841. The molecule has 0 atom stereocenters. The summed E-state index contributed by atoms with van der Waals surface area (Å²) in [5.41, 5.74) is 3.81. The predicted molar refractivity (Wildman–Crippen MR) is 79.1 cm³/mol. The largest absolute Gasteiger partial charge is 0.0991 e. The van der Waals surface area contributed by atoms with E-state index < -0.39 is 0 Å². The summed E-state index contributed by atoms with van der Waals surface area (Å²) in [6.45, 7) is 9.77. The summed E-state index contributed by atoms with van der Waals surface area (Å²) in [6.07, 6.45) is 6.66. The molecule has 1 aromatic rings. The summed E-state index contributed by atoms with van der Waals surface area (Å²) < 4.78 is 0. The van der Waals surface area contributed by atoms with Crippen molar-refractivity contribution in [3.8, 4) is 0 Å². The van der Waals surface area contributed by atoms with Crippen LogP contribution in [0.25, 0.3) is 6.08 Å². The first-order chi connectivity index (χ1) is 7.79. The highest BCUT2D eigenvalue weighted by Crippen LogP contribution is 2.16. The van der Waals surface area contributed by atoms with E-state index in [0.717, 1.165) is 6.42 Å². The molecule has 0 aliphatic heterocycles. The minimum atomic E-state index is 0.841. The Balaban J connectivity index is 0.00000106. The van der Waals surface area contributed by atoms with Crippen LogP contribution < -0.4 is 0 Å². The zero-order chi connectivity index (χ0) is 12.4. The quantitative estimate of drug-likeness (QED) is 0.532. The van der Waals surface area contributed by atoms with Crippen LogP contribution in [0.4, 0.5) is 0 Å². The van der Waals surface area contributed by atoms with E-state index in [9.17, 15) is 0 Å². The Hall–Kier alpha value is -1.21. The monoisotopic (exact) mass is 232 g/mol. The molecule has 0 aliphatic rings. The zero-order valence-electron chi connectivity index (χ0n) is 10.4. The maximum atomic E-state index is 4.88. The van der Waals surface area contributed by atoms with E-state index in [0.29, 0.717) is 0 Å². The lowest BCUT2D eigenvalue weighted by atomic mass is 10.00. The van der Waals surface area contributed by atoms with Crippen LogP contribution in [0.1, 0.15) is 30.5 Å². The molecule has 16 heavy (non-hydrogen) atoms. The molecule has 0 heterocycles. The van der Waals surface area contributed by atoms with Gasteiger partial charge in [-0.1, -0.05) is 69.1 Å². The van der Waals surface area contributed by atoms with Crippen molar-refractivity contribution in [2.75, 3.05) is 0 Å². The normalized spacial score (nSPS) is 9.44. The number of hydrogen-bond donors (Lipinski definition) is 0. The molecule has 0 radical (unpaired) electrons. The molecule has 0 saturated carbocycles. The third kappa shape index (κ3) is 4.54. The fourth-order valence-electron chi connectivity index (χ4n) is 1.41. The van der Waals surface area contributed by atoms with Crippen molar-refractivity contribution in [1.29, 1.82) is 0 Å². The van der Waals surface area contributed by atoms with Crippen LogP contribution in [0.15, 0.2) is 36.9 Å². The van der Waals surface area contributed by atoms with Gasteiger partial charge in [-0.25, -0.2) is 0 Å². The smallest absolute Gasteiger partial charge is 0.00138 e. The lowest BCUT2D eigenvalue weighted by Crippen LogP contribution is -1.92. The molecule has 0 N–H and O–H groups in total. The fraction of sp³-hybridized carbons (Fsp3) is 0.267. The molecule has 0 fully saturated rings. The van der Waals surface area contributed by atoms with Gasteiger partial charge in [-0.05, 0) is 29.0 Å². The number of hydrogen-bond acceptors (Lipinski definition) is 1. The summed E-state index contributed by atoms with van der Waals surface area (Å²) in [4.78, 5) is 0. The first-order valence-electron chi connectivity index (χ1n) is 5.61. The molecule has 0 nitrogen and oxygen atoms in total. The van der Waals surface area contributed by atoms with Crippen molar-refractivity contribution in [1.82, 2.24) is 0 Å². The summed E-state index contributed by atoms with van der Waals surface area (Å²) in [7, 11) is 0. The minimum Gasteiger partial charge on any atom is -0.0991 e. The molecule has 0 bridgehead atoms. The van der Waals surface area contributed by atoms with Crippen LogP contribution in [-0.4, -0.2) is 5.37 Å². The van der Waals surface area contributed by atoms with Crippen molar-refractivity contribution in [2.24, 2.45) is 0 Å². The van der Waals surface area contributed by atoms with Gasteiger partial charge in [-0.15, -0.1) is 0 Å². The van der Waals surface area contributed by atoms with Crippen LogP contribution in [-0.2, 0) is 6.42 Å². The van der Waals surface area contributed by atoms with Crippen LogP contribution >= 0.6 is 12.2 Å². The van der Waals surface area contributed by atoms with Gasteiger partial charge in [0.15, 0.2) is 0 Å². The lowest BCUT2D eigenvalue weighted by molar-refractivity contribution is 1.31. The molecule has 86 valence electrons. The van der Waals surface area contributed by atoms with Gasteiger partial charge in [-0.2, -0.15) is 0 Å². The van der Waals surface area contributed by atoms with Gasteiger partial charge in [0.1, 0.15) is 0 Å². The third-order valence-electron chi connectivity index (χ3n) is 2.12. The average molecular weight is 232 g/mol. The Kier molecular flexibility index (Phi) is 8.36. The van der Waals surface area contributed by atoms with Crippen LogP contribution in [0.5, 0.6) is 0 Å². The van der Waals surface area contributed by atoms with Gasteiger partial charge in [0.2, 0.25) is 0 Å². The third-order valence-corrected chi connectivity index (χ3v) is 2.28. The van der Waals surface area contributed by atoms with E-state index in [1.807, 2.05) is 19.9 Å². The number of aryl methyl sites for hydroxylation is 1. The molecule has 1 rings (SSSR count). The standard InChI is InChI=1S/C13H14S.C2H6/c1-3-4-8-13-11(2)6-5-7-12(13)9-10-14;1-2/h3-8,10H,1,9H2,2H3;1-2H3/b8-4-;. The van der Waals surface area contributed by atoms with Gasteiger partial charge < -0.3 is 0 Å². The molecule has 0 unspecified atom stereocenters. The van der Waals surface area contributed by atoms with Crippen molar-refractivity contribution in [3.63, 3.8) is 0 Å². The first-order valence-corrected chi connectivity index (χ1v) is 6.08. The van der Waals surface area contributed by atoms with E-state index in [1.54, 1.807) is 11.4 Å². The second kappa shape index (κ2) is 9.05. The van der Waals surface area contributed by atoms with Crippen LogP contribution in [0.2, 0.25) is 0 Å². The van der Waals surface area contributed by atoms with Crippen molar-refractivity contribution < 1.29 is 0 Å². The number of allylic oxidation sites excluding steroid dienone is 2. The topological polar surface area (TPSA) is 0 Å². The second-order valence-corrected chi connectivity index (χ2v) is 3.45. The maximum absolute atomic E-state index is 4.88. The number of rotatable bonds is 4. The van der Waals surface area contributed by atoms with Gasteiger partial charge >= 0.3 is 0 Å². The van der Waals surface area contributed by atoms with Crippen LogP contribution in [0, 0.1) is 6.92 Å². The SMILES string of the molecule is C=C/C=C\c1c(C)cccc1CC=S.CC. The molecule has 1 aromatic carbocycles. The molecule has 1 heteroatoms. The molecule has 0 aliphatic carbocycles. The Labute approximate surface area is 105 Å². The molecule has 0 aromatic heterocycles. The number of benzene rings is 1. The highest BCUT2D eigenvalue weighted by atomic mass is 32.1. The van der Waals surface area contributed by atoms with E-state index in [2.05, 4.69) is 37.8 Å². The molecule has 0 spiro atoms. The molecular formula is C15H20S. The van der Waals surface area contributed by atoms with Gasteiger partial charge in [0.25, 0.3) is 0 Å². The number of thiocarbonyl (C=S) groups is 1. The summed E-state index contributed by atoms with van der Waals surface area (Å²) >= 11 is 4.88. The molecular weight excluding hydrogens is 212 g/mol. The zero-order valence-corrected chi connectivity index (χ0v) is 11.2. The van der Waals surface area contributed by atoms with E-state index in [1.165, 1.54) is 16.7 Å². The van der Waals surface area contributed by atoms with E-state index in [4.69, 9.17) is 12.2 Å². The Morgan fingerprint density at radius 2 is 2.00 bits per heavy atom. The highest BCUT2D eigenvalue weighted by Gasteiger charge is 1.99. The molecule has 0 amide bonds. The molecule has 0 saturated heterocycles. The van der Waals surface area contributed by atoms with E-state index >= 15 is 0 Å². The Morgan fingerprint density at radius 3 is 2.56 bits per heavy atom. The average Bonchev–Trinajstić information content (AvgIpc) is 2.31. The van der Waals surface area contributed by atoms with Crippen LogP contribution in [0.3, 0.4) is 0 Å². The fourth-order valence-corrected chi connectivity index (χ4v) is 1.59. The Morgan fingerprint density at radius 1 is 1.31 bits per heavy atom. The summed E-state index contributed by atoms with van der Waals surface area (Å²) in [5, 5.41) is 1.76. The lowest BCUT2D eigenvalue weighted by Gasteiger charge is -2.06. The van der Waals surface area contributed by atoms with Crippen molar-refractivity contribution >= 4 is 23.7 Å². The van der Waals surface area contributed by atoms with E-state index in [-0.39, 0.29) is 0 Å². The van der Waals surface area contributed by atoms with Crippen molar-refractivity contribution in [2.45, 2.75) is 27.2 Å². The van der Waals surface area contributed by atoms with Gasteiger partial charge in [0.05, 0.1) is 0 Å². The predicted octanol–water partition coefficient (Wildman–Crippen LogP) is 4.76. The van der Waals surface area contributed by atoms with Gasteiger partial charge in [-0.3, -0.25) is 0 Å². The second-order valence-electron chi connectivity index (χ2n) is 3.11. The summed E-state index contributed by atoms with van der Waals surface area (Å²) in [5.74, 6) is 0. The van der Waals surface area contributed by atoms with Gasteiger partial charge in [0, 0.05) is 6.42 Å². The maximum Gasteiger partial charge on any atom is 0.00138 e. The van der Waals surface area contributed by atoms with Crippen molar-refractivity contribution in [3.05, 3.63) is 53.6 Å². The first kappa shape index (κ1) is 14.8. The highest BCUT2D eigenvalue weighted by molar-refractivity contribution is 7.78. The Bertz CT molecular complexity index is 362. The summed E-state index contributed by atoms with van der Waals surface area (Å²) in [6, 6.07) is 6.28.